The highest BCUT2D eigenvalue weighted by Crippen LogP contribution is 2.32. The summed E-state index contributed by atoms with van der Waals surface area (Å²) in [5.74, 6) is -2.14. The highest BCUT2D eigenvalue weighted by molar-refractivity contribution is 7.14. The second-order valence-corrected chi connectivity index (χ2v) is 7.94. The molecule has 6 nitrogen and oxygen atoms in total. The van der Waals surface area contributed by atoms with E-state index >= 15 is 0 Å². The van der Waals surface area contributed by atoms with Crippen molar-refractivity contribution in [3.63, 3.8) is 0 Å². The number of nitrogens with zero attached hydrogens (tertiary/aromatic N) is 3. The van der Waals surface area contributed by atoms with Crippen LogP contribution < -0.4 is 4.90 Å². The molecule has 30 heavy (non-hydrogen) atoms. The summed E-state index contributed by atoms with van der Waals surface area (Å²) in [6.07, 6.45) is -0.0458. The number of thiazole rings is 1. The minimum Gasteiger partial charge on any atom is -0.481 e. The molecule has 3 rings (SSSR count). The smallest absolute Gasteiger partial charge is 0.304 e. The van der Waals surface area contributed by atoms with Gasteiger partial charge in [-0.3, -0.25) is 14.5 Å². The minimum atomic E-state index is -1.05. The molecule has 1 amide bonds. The second-order valence-electron chi connectivity index (χ2n) is 6.70. The van der Waals surface area contributed by atoms with Crippen LogP contribution in [0.1, 0.15) is 17.5 Å². The fraction of sp³-hybridized carbons (Fsp3) is 0.182. The van der Waals surface area contributed by atoms with Crippen molar-refractivity contribution in [1.29, 1.82) is 5.26 Å². The molecule has 0 radical (unpaired) electrons. The van der Waals surface area contributed by atoms with Crippen LogP contribution in [0.2, 0.25) is 5.02 Å². The number of halogens is 1. The molecule has 0 aliphatic rings. The lowest BCUT2D eigenvalue weighted by atomic mass is 9.94. The Labute approximate surface area is 183 Å². The second kappa shape index (κ2) is 9.53. The van der Waals surface area contributed by atoms with Gasteiger partial charge in [0.05, 0.1) is 29.7 Å². The fourth-order valence-electron chi connectivity index (χ4n) is 3.04. The first kappa shape index (κ1) is 21.5. The van der Waals surface area contributed by atoms with E-state index in [0.717, 1.165) is 11.1 Å². The van der Waals surface area contributed by atoms with Crippen molar-refractivity contribution >= 4 is 39.9 Å². The number of nitriles is 1. The molecular formula is C22H18ClN3O3S. The number of carbonyl (C=O) groups is 2. The molecule has 1 N–H and O–H groups in total. The third-order valence-corrected chi connectivity index (χ3v) is 5.84. The number of aromatic nitrogens is 1. The van der Waals surface area contributed by atoms with E-state index in [1.165, 1.54) is 16.2 Å². The summed E-state index contributed by atoms with van der Waals surface area (Å²) in [7, 11) is 1.59. The molecule has 3 aromatic rings. The Hall–Kier alpha value is -3.21. The van der Waals surface area contributed by atoms with E-state index < -0.39 is 11.9 Å². The van der Waals surface area contributed by atoms with E-state index in [0.29, 0.717) is 21.4 Å². The summed E-state index contributed by atoms with van der Waals surface area (Å²) < 4.78 is 0. The number of rotatable bonds is 7. The third-order valence-electron chi connectivity index (χ3n) is 4.59. The molecule has 0 aliphatic heterocycles. The first-order valence-electron chi connectivity index (χ1n) is 9.08. The monoisotopic (exact) mass is 439 g/mol. The molecule has 0 saturated carbocycles. The SMILES string of the molecule is CN(C(=O)[C@@H](CC(=O)O)Cc1ccc(C#N)cc1)c1nc(-c2ccccc2Cl)cs1. The number of carboxylic acids is 1. The van der Waals surface area contributed by atoms with E-state index in [1.807, 2.05) is 29.6 Å². The molecule has 0 unspecified atom stereocenters. The molecule has 1 aromatic heterocycles. The Balaban J connectivity index is 1.81. The molecule has 0 saturated heterocycles. The third kappa shape index (κ3) is 5.03. The molecule has 152 valence electrons. The van der Waals surface area contributed by atoms with E-state index in [2.05, 4.69) is 4.98 Å². The number of aliphatic carboxylic acids is 1. The van der Waals surface area contributed by atoms with Crippen molar-refractivity contribution in [3.8, 4) is 17.3 Å². The lowest BCUT2D eigenvalue weighted by Gasteiger charge is -2.21. The highest BCUT2D eigenvalue weighted by atomic mass is 35.5. The first-order valence-corrected chi connectivity index (χ1v) is 10.3. The number of hydrogen-bond acceptors (Lipinski definition) is 5. The van der Waals surface area contributed by atoms with Crippen molar-refractivity contribution in [1.82, 2.24) is 4.98 Å². The van der Waals surface area contributed by atoms with Crippen LogP contribution >= 0.6 is 22.9 Å². The van der Waals surface area contributed by atoms with Gasteiger partial charge in [-0.25, -0.2) is 4.98 Å². The van der Waals surface area contributed by atoms with Crippen LogP contribution in [0.3, 0.4) is 0 Å². The predicted octanol–water partition coefficient (Wildman–Crippen LogP) is 4.63. The van der Waals surface area contributed by atoms with Crippen molar-refractivity contribution in [3.05, 3.63) is 70.1 Å². The number of carboxylic acid groups (broad SMARTS) is 1. The number of carbonyl (C=O) groups excluding carboxylic acids is 1. The van der Waals surface area contributed by atoms with Crippen molar-refractivity contribution in [2.24, 2.45) is 5.92 Å². The van der Waals surface area contributed by atoms with E-state index in [1.54, 1.807) is 37.4 Å². The standard InChI is InChI=1S/C22H18ClN3O3S/c1-26(22-25-19(13-30-22)17-4-2-3-5-18(17)23)21(29)16(11-20(27)28)10-14-6-8-15(12-24)9-7-14/h2-9,13,16H,10-11H2,1H3,(H,27,28)/t16-/m1/s1. The summed E-state index contributed by atoms with van der Waals surface area (Å²) in [5, 5.41) is 21.0. The topological polar surface area (TPSA) is 94.3 Å². The van der Waals surface area contributed by atoms with Gasteiger partial charge in [-0.15, -0.1) is 11.3 Å². The number of benzene rings is 2. The van der Waals surface area contributed by atoms with Crippen LogP contribution in [0, 0.1) is 17.2 Å². The predicted molar refractivity (Wildman–Crippen MR) is 117 cm³/mol. The molecule has 1 atom stereocenters. The lowest BCUT2D eigenvalue weighted by molar-refractivity contribution is -0.140. The van der Waals surface area contributed by atoms with E-state index in [-0.39, 0.29) is 18.7 Å². The molecule has 1 heterocycles. The number of anilines is 1. The summed E-state index contributed by atoms with van der Waals surface area (Å²) in [4.78, 5) is 30.3. The Morgan fingerprint density at radius 1 is 1.23 bits per heavy atom. The van der Waals surface area contributed by atoms with Gasteiger partial charge in [0.1, 0.15) is 0 Å². The molecular weight excluding hydrogens is 422 g/mol. The molecule has 0 aliphatic carbocycles. The maximum atomic E-state index is 13.1. The molecule has 0 bridgehead atoms. The summed E-state index contributed by atoms with van der Waals surface area (Å²) in [5.41, 5.74) is 2.72. The van der Waals surface area contributed by atoms with Gasteiger partial charge in [0, 0.05) is 23.0 Å². The first-order chi connectivity index (χ1) is 14.4. The normalized spacial score (nSPS) is 11.5. The van der Waals surface area contributed by atoms with Gasteiger partial charge in [-0.2, -0.15) is 5.26 Å². The molecule has 8 heteroatoms. The largest absolute Gasteiger partial charge is 0.481 e. The van der Waals surface area contributed by atoms with Crippen LogP contribution in [0.15, 0.2) is 53.9 Å². The minimum absolute atomic E-state index is 0.254. The van der Waals surface area contributed by atoms with Crippen molar-refractivity contribution in [2.75, 3.05) is 11.9 Å². The van der Waals surface area contributed by atoms with Gasteiger partial charge >= 0.3 is 5.97 Å². The zero-order valence-corrected chi connectivity index (χ0v) is 17.7. The number of hydrogen-bond donors (Lipinski definition) is 1. The Morgan fingerprint density at radius 3 is 2.57 bits per heavy atom. The molecule has 0 spiro atoms. The van der Waals surface area contributed by atoms with Crippen molar-refractivity contribution in [2.45, 2.75) is 12.8 Å². The van der Waals surface area contributed by atoms with Crippen LogP contribution in [-0.4, -0.2) is 29.0 Å². The zero-order valence-electron chi connectivity index (χ0n) is 16.1. The maximum absolute atomic E-state index is 13.1. The van der Waals surface area contributed by atoms with Gasteiger partial charge in [0.15, 0.2) is 5.13 Å². The van der Waals surface area contributed by atoms with E-state index in [4.69, 9.17) is 16.9 Å². The average Bonchev–Trinajstić information content (AvgIpc) is 3.22. The van der Waals surface area contributed by atoms with Crippen molar-refractivity contribution < 1.29 is 14.7 Å². The fourth-order valence-corrected chi connectivity index (χ4v) is 4.06. The van der Waals surface area contributed by atoms with E-state index in [9.17, 15) is 14.7 Å². The van der Waals surface area contributed by atoms with Gasteiger partial charge < -0.3 is 5.11 Å². The zero-order chi connectivity index (χ0) is 21.7. The Bertz CT molecular complexity index is 1110. The average molecular weight is 440 g/mol. The quantitative estimate of drug-likeness (QED) is 0.579. The van der Waals surface area contributed by atoms with Crippen LogP contribution in [0.4, 0.5) is 5.13 Å². The Morgan fingerprint density at radius 2 is 1.93 bits per heavy atom. The van der Waals surface area contributed by atoms with Gasteiger partial charge in [0.2, 0.25) is 5.91 Å². The summed E-state index contributed by atoms with van der Waals surface area (Å²) >= 11 is 7.52. The van der Waals surface area contributed by atoms with Crippen LogP contribution in [-0.2, 0) is 16.0 Å². The number of amides is 1. The summed E-state index contributed by atoms with van der Waals surface area (Å²) in [6.45, 7) is 0. The highest BCUT2D eigenvalue weighted by Gasteiger charge is 2.27. The molecule has 0 fully saturated rings. The van der Waals surface area contributed by atoms with Crippen LogP contribution in [0.5, 0.6) is 0 Å². The summed E-state index contributed by atoms with van der Waals surface area (Å²) in [6, 6.07) is 16.1. The van der Waals surface area contributed by atoms with Gasteiger partial charge in [0.25, 0.3) is 0 Å². The molecule has 2 aromatic carbocycles. The van der Waals surface area contributed by atoms with Gasteiger partial charge in [-0.05, 0) is 30.2 Å². The maximum Gasteiger partial charge on any atom is 0.304 e. The lowest BCUT2D eigenvalue weighted by Crippen LogP contribution is -2.35. The van der Waals surface area contributed by atoms with Crippen LogP contribution in [0.25, 0.3) is 11.3 Å². The van der Waals surface area contributed by atoms with Gasteiger partial charge in [-0.1, -0.05) is 41.9 Å². The Kier molecular flexibility index (Phi) is 6.83.